The summed E-state index contributed by atoms with van der Waals surface area (Å²) in [6.07, 6.45) is 1.10. The molecule has 3 N–H and O–H groups in total. The summed E-state index contributed by atoms with van der Waals surface area (Å²) in [4.78, 5) is 17.4. The van der Waals surface area contributed by atoms with Gasteiger partial charge in [-0.05, 0) is 42.9 Å². The summed E-state index contributed by atoms with van der Waals surface area (Å²) in [6.45, 7) is 3.77. The van der Waals surface area contributed by atoms with Crippen LogP contribution in [-0.4, -0.2) is 51.7 Å². The first-order valence-electron chi connectivity index (χ1n) is 12.3. The number of benzene rings is 2. The van der Waals surface area contributed by atoms with E-state index >= 15 is 0 Å². The van der Waals surface area contributed by atoms with Crippen molar-refractivity contribution in [1.29, 1.82) is 0 Å². The molecule has 4 aromatic rings. The molecule has 4 rings (SSSR count). The van der Waals surface area contributed by atoms with Gasteiger partial charge in [-0.1, -0.05) is 89.7 Å². The van der Waals surface area contributed by atoms with Crippen LogP contribution in [0, 0.1) is 6.92 Å². The van der Waals surface area contributed by atoms with Gasteiger partial charge in [0.05, 0.1) is 21.4 Å². The molecule has 2 heterocycles. The third-order valence-corrected chi connectivity index (χ3v) is 9.37. The zero-order valence-corrected chi connectivity index (χ0v) is 27.2. The van der Waals surface area contributed by atoms with Gasteiger partial charge in [0.15, 0.2) is 5.69 Å². The third-order valence-electron chi connectivity index (χ3n) is 5.90. The number of para-hydroxylation sites is 1. The molecule has 0 radical (unpaired) electrons. The molecule has 0 amide bonds. The van der Waals surface area contributed by atoms with E-state index in [2.05, 4.69) is 17.3 Å². The summed E-state index contributed by atoms with van der Waals surface area (Å²) >= 11 is 18.1. The Kier molecular flexibility index (Phi) is 11.0. The number of hydrogen-bond acceptors (Lipinski definition) is 9. The number of nitrogens with one attached hydrogen (secondary N) is 1. The van der Waals surface area contributed by atoms with E-state index in [-0.39, 0.29) is 12.1 Å². The molecule has 0 bridgehead atoms. The quantitative estimate of drug-likeness (QED) is 0.0839. The summed E-state index contributed by atoms with van der Waals surface area (Å²) in [5.74, 6) is -0.362. The van der Waals surface area contributed by atoms with Crippen LogP contribution in [0.4, 0.5) is 10.7 Å². The van der Waals surface area contributed by atoms with Gasteiger partial charge in [0.2, 0.25) is 5.13 Å². The van der Waals surface area contributed by atoms with E-state index in [1.165, 1.54) is 34.8 Å². The zero-order chi connectivity index (χ0) is 30.6. The van der Waals surface area contributed by atoms with Gasteiger partial charge < -0.3 is 10.4 Å². The number of rotatable bonds is 11. The topological polar surface area (TPSA) is 130 Å². The lowest BCUT2D eigenvalue weighted by Crippen LogP contribution is -2.20. The van der Waals surface area contributed by atoms with Crippen LogP contribution in [0.15, 0.2) is 42.5 Å². The van der Waals surface area contributed by atoms with Crippen molar-refractivity contribution in [3.8, 4) is 16.4 Å². The van der Waals surface area contributed by atoms with Crippen molar-refractivity contribution in [2.75, 3.05) is 23.2 Å². The predicted molar refractivity (Wildman–Crippen MR) is 175 cm³/mol. The van der Waals surface area contributed by atoms with E-state index in [0.717, 1.165) is 17.2 Å². The fraction of sp³-hybridized carbons (Fsp3) is 0.231. The molecule has 2 aromatic carbocycles. The molecule has 0 fully saturated rings. The van der Waals surface area contributed by atoms with Crippen molar-refractivity contribution in [1.82, 2.24) is 14.8 Å². The molecule has 2 aromatic heterocycles. The van der Waals surface area contributed by atoms with Crippen LogP contribution in [-0.2, 0) is 22.1 Å². The highest BCUT2D eigenvalue weighted by molar-refractivity contribution is 8.23. The first-order valence-corrected chi connectivity index (χ1v) is 16.3. The Bertz CT molecular complexity index is 1660. The van der Waals surface area contributed by atoms with Gasteiger partial charge >= 0.3 is 17.3 Å². The summed E-state index contributed by atoms with van der Waals surface area (Å²) in [5.41, 5.74) is 3.18. The Labute approximate surface area is 268 Å². The molecule has 0 aliphatic rings. The lowest BCUT2D eigenvalue weighted by atomic mass is 10.0. The number of carboxylic acid groups (broad SMARTS) is 1. The van der Waals surface area contributed by atoms with E-state index in [1.54, 1.807) is 49.4 Å². The minimum absolute atomic E-state index is 0.0690. The largest absolute Gasteiger partial charge is 0.476 e. The van der Waals surface area contributed by atoms with Crippen molar-refractivity contribution < 1.29 is 22.9 Å². The number of aromatic nitrogens is 3. The van der Waals surface area contributed by atoms with Crippen molar-refractivity contribution in [2.24, 2.45) is 0 Å². The number of aromatic carboxylic acids is 1. The smallest absolute Gasteiger partial charge is 0.355 e. The highest BCUT2D eigenvalue weighted by Crippen LogP contribution is 2.39. The van der Waals surface area contributed by atoms with E-state index in [9.17, 15) is 18.7 Å². The van der Waals surface area contributed by atoms with Gasteiger partial charge in [0.1, 0.15) is 15.0 Å². The van der Waals surface area contributed by atoms with E-state index in [1.807, 2.05) is 0 Å². The molecular weight excluding hydrogens is 661 g/mol. The molecule has 16 heteroatoms. The summed E-state index contributed by atoms with van der Waals surface area (Å²) < 4.78 is 27.1. The molecule has 0 aliphatic heterocycles. The molecule has 222 valence electrons. The number of nitrogens with zero attached hydrogens (tertiary/aromatic N) is 4. The summed E-state index contributed by atoms with van der Waals surface area (Å²) in [7, 11) is 1.49. The van der Waals surface area contributed by atoms with Crippen molar-refractivity contribution in [3.63, 3.8) is 0 Å². The maximum Gasteiger partial charge on any atom is 0.355 e. The number of aryl methyl sites for hydroxylation is 1. The fourth-order valence-electron chi connectivity index (χ4n) is 4.07. The number of thiazole rings is 1. The lowest BCUT2D eigenvalue weighted by Gasteiger charge is -2.19. The van der Waals surface area contributed by atoms with Gasteiger partial charge in [-0.3, -0.25) is 4.55 Å². The Morgan fingerprint density at radius 3 is 2.67 bits per heavy atom. The van der Waals surface area contributed by atoms with Crippen LogP contribution in [0.2, 0.25) is 10.0 Å². The van der Waals surface area contributed by atoms with Crippen LogP contribution in [0.1, 0.15) is 40.7 Å². The van der Waals surface area contributed by atoms with Crippen molar-refractivity contribution in [3.05, 3.63) is 75.0 Å². The highest BCUT2D eigenvalue weighted by Gasteiger charge is 2.27. The molecule has 1 unspecified atom stereocenters. The maximum absolute atomic E-state index is 12.7. The molecule has 10 nitrogen and oxygen atoms in total. The van der Waals surface area contributed by atoms with Crippen LogP contribution in [0.5, 0.6) is 0 Å². The SMILES string of the molecule is CCCSC(=S)Nc1sc(-n2nc(C)c(Cc3ccccc3N(C)OS(=O)O)c2C(=O)O)nc1-c1ccc(Cl)c(Cl)c1. The molecule has 1 atom stereocenters. The maximum atomic E-state index is 12.7. The molecule has 0 aliphatic carbocycles. The molecule has 0 saturated carbocycles. The number of thiocarbonyl (C=S) groups is 1. The molecule has 0 spiro atoms. The number of halogens is 2. The van der Waals surface area contributed by atoms with Gasteiger partial charge in [-0.2, -0.15) is 14.0 Å². The minimum Gasteiger partial charge on any atom is -0.476 e. The average molecular weight is 687 g/mol. The lowest BCUT2D eigenvalue weighted by molar-refractivity contribution is 0.0686. The van der Waals surface area contributed by atoms with E-state index in [0.29, 0.717) is 58.3 Å². The van der Waals surface area contributed by atoms with Gasteiger partial charge in [-0.25, -0.2) is 14.8 Å². The van der Waals surface area contributed by atoms with E-state index in [4.69, 9.17) is 44.7 Å². The highest BCUT2D eigenvalue weighted by atomic mass is 35.5. The van der Waals surface area contributed by atoms with Gasteiger partial charge in [-0.15, -0.1) is 4.28 Å². The standard InChI is InChI=1S/C26H25Cl2N5O5S4/c1-4-11-40-26(39)30-23-21(16-9-10-18(27)19(28)13-16)29-25(41-23)33-22(24(34)35)17(14(2)31-33)12-15-7-5-6-8-20(15)32(3)38-42(36)37/h5-10,13H,4,11-12H2,1-3H3,(H,30,39)(H,34,35)(H,36,37). The third kappa shape index (κ3) is 7.50. The Hall–Kier alpha value is -2.56. The molecule has 42 heavy (non-hydrogen) atoms. The van der Waals surface area contributed by atoms with Crippen LogP contribution in [0.25, 0.3) is 16.4 Å². The number of hydroxylamine groups is 1. The monoisotopic (exact) mass is 685 g/mol. The summed E-state index contributed by atoms with van der Waals surface area (Å²) in [5, 5.41) is 20.9. The summed E-state index contributed by atoms with van der Waals surface area (Å²) in [6, 6.07) is 12.1. The second-order valence-corrected chi connectivity index (χ2v) is 12.9. The second kappa shape index (κ2) is 14.3. The molecule has 0 saturated heterocycles. The fourth-order valence-corrected chi connectivity index (χ4v) is 6.64. The minimum atomic E-state index is -2.54. The Morgan fingerprint density at radius 1 is 1.26 bits per heavy atom. The molecular formula is C26H25Cl2N5O5S4. The van der Waals surface area contributed by atoms with Gasteiger partial charge in [0, 0.05) is 24.6 Å². The van der Waals surface area contributed by atoms with Gasteiger partial charge in [0.25, 0.3) is 0 Å². The predicted octanol–water partition coefficient (Wildman–Crippen LogP) is 7.24. The van der Waals surface area contributed by atoms with Crippen molar-refractivity contribution in [2.45, 2.75) is 26.7 Å². The van der Waals surface area contributed by atoms with Crippen molar-refractivity contribution >= 4 is 90.9 Å². The number of carbonyl (C=O) groups is 1. The zero-order valence-electron chi connectivity index (χ0n) is 22.5. The Balaban J connectivity index is 1.81. The Morgan fingerprint density at radius 2 is 2.00 bits per heavy atom. The number of carboxylic acids is 1. The van der Waals surface area contributed by atoms with E-state index < -0.39 is 17.3 Å². The number of anilines is 2. The normalized spacial score (nSPS) is 11.9. The first-order chi connectivity index (χ1) is 20.0. The van der Waals surface area contributed by atoms with Crippen LogP contribution < -0.4 is 10.4 Å². The number of hydrogen-bond donors (Lipinski definition) is 3. The average Bonchev–Trinajstić information content (AvgIpc) is 3.49. The van der Waals surface area contributed by atoms with Crippen LogP contribution >= 0.6 is 58.5 Å². The second-order valence-electron chi connectivity index (χ2n) is 8.79. The van der Waals surface area contributed by atoms with Crippen LogP contribution in [0.3, 0.4) is 0 Å². The first kappa shape index (κ1) is 32.4. The number of thioether (sulfide) groups is 1.